The fourth-order valence-electron chi connectivity index (χ4n) is 2.64. The third-order valence-electron chi connectivity index (χ3n) is 3.97. The van der Waals surface area contributed by atoms with E-state index < -0.39 is 0 Å². The molecule has 2 aromatic heterocycles. The number of pyridine rings is 1. The molecule has 8 heteroatoms. The van der Waals surface area contributed by atoms with Crippen LogP contribution in [0.1, 0.15) is 19.3 Å². The van der Waals surface area contributed by atoms with Crippen molar-refractivity contribution in [2.75, 3.05) is 13.2 Å². The summed E-state index contributed by atoms with van der Waals surface area (Å²) in [4.78, 5) is 24.0. The average Bonchev–Trinajstić information content (AvgIpc) is 2.99. The van der Waals surface area contributed by atoms with E-state index in [1.54, 1.807) is 18.3 Å². The van der Waals surface area contributed by atoms with E-state index in [4.69, 9.17) is 4.74 Å². The fraction of sp³-hybridized carbons (Fsp3) is 0.316. The minimum absolute atomic E-state index is 0.0183. The molecule has 3 rings (SSSR count). The molecule has 1 amide bonds. The Balaban J connectivity index is 1.32. The molecule has 2 heterocycles. The van der Waals surface area contributed by atoms with Gasteiger partial charge in [-0.3, -0.25) is 9.20 Å². The third-order valence-corrected chi connectivity index (χ3v) is 4.46. The van der Waals surface area contributed by atoms with E-state index in [-0.39, 0.29) is 11.6 Å². The van der Waals surface area contributed by atoms with E-state index in [1.165, 1.54) is 9.08 Å². The highest BCUT2D eigenvalue weighted by Crippen LogP contribution is 2.17. The lowest BCUT2D eigenvalue weighted by atomic mass is 10.3. The van der Waals surface area contributed by atoms with Crippen molar-refractivity contribution in [3.63, 3.8) is 0 Å². The van der Waals surface area contributed by atoms with E-state index in [0.717, 1.165) is 10.2 Å². The van der Waals surface area contributed by atoms with Gasteiger partial charge in [-0.25, -0.2) is 9.48 Å². The van der Waals surface area contributed by atoms with Crippen LogP contribution >= 0.6 is 15.9 Å². The van der Waals surface area contributed by atoms with Crippen LogP contribution in [0.5, 0.6) is 5.75 Å². The SMILES string of the molecule is O=C(CCCOc1cccc(Br)c1)NCCCn1nc2ccccn2c1=O. The van der Waals surface area contributed by atoms with Crippen molar-refractivity contribution in [3.05, 3.63) is 63.6 Å². The number of halogens is 1. The van der Waals surface area contributed by atoms with Crippen molar-refractivity contribution < 1.29 is 9.53 Å². The number of nitrogens with one attached hydrogen (secondary N) is 1. The van der Waals surface area contributed by atoms with Gasteiger partial charge in [-0.1, -0.05) is 28.1 Å². The molecular weight excluding hydrogens is 412 g/mol. The molecule has 0 radical (unpaired) electrons. The molecule has 0 fully saturated rings. The number of aromatic nitrogens is 3. The number of aryl methyl sites for hydroxylation is 1. The van der Waals surface area contributed by atoms with Crippen molar-refractivity contribution in [2.45, 2.75) is 25.8 Å². The summed E-state index contributed by atoms with van der Waals surface area (Å²) in [6.45, 7) is 1.46. The van der Waals surface area contributed by atoms with Crippen LogP contribution in [-0.2, 0) is 11.3 Å². The van der Waals surface area contributed by atoms with Gasteiger partial charge < -0.3 is 10.1 Å². The van der Waals surface area contributed by atoms with Gasteiger partial charge in [-0.15, -0.1) is 5.10 Å². The topological polar surface area (TPSA) is 77.6 Å². The first-order chi connectivity index (χ1) is 13.1. The molecule has 0 aliphatic heterocycles. The van der Waals surface area contributed by atoms with Crippen molar-refractivity contribution in [2.24, 2.45) is 0 Å². The fourth-order valence-corrected chi connectivity index (χ4v) is 3.02. The molecule has 0 bridgehead atoms. The number of rotatable bonds is 9. The quantitative estimate of drug-likeness (QED) is 0.527. The van der Waals surface area contributed by atoms with Crippen LogP contribution in [0.2, 0.25) is 0 Å². The normalized spacial score (nSPS) is 10.9. The Labute approximate surface area is 165 Å². The van der Waals surface area contributed by atoms with Crippen molar-refractivity contribution in [1.82, 2.24) is 19.5 Å². The standard InChI is InChI=1S/C19H21BrN4O3/c20-15-6-3-7-16(14-15)27-13-4-9-18(25)21-10-5-12-24-19(26)23-11-2-1-8-17(23)22-24/h1-3,6-8,11,14H,4-5,9-10,12-13H2,(H,21,25). The van der Waals surface area contributed by atoms with Crippen molar-refractivity contribution >= 4 is 27.5 Å². The van der Waals surface area contributed by atoms with E-state index >= 15 is 0 Å². The van der Waals surface area contributed by atoms with Gasteiger partial charge in [0, 0.05) is 30.2 Å². The molecule has 7 nitrogen and oxygen atoms in total. The Morgan fingerprint density at radius 2 is 2.07 bits per heavy atom. The zero-order valence-corrected chi connectivity index (χ0v) is 16.4. The maximum Gasteiger partial charge on any atom is 0.350 e. The number of carbonyl (C=O) groups excluding carboxylic acids is 1. The number of ether oxygens (including phenoxy) is 1. The summed E-state index contributed by atoms with van der Waals surface area (Å²) in [6.07, 6.45) is 3.38. The summed E-state index contributed by atoms with van der Waals surface area (Å²) in [7, 11) is 0. The van der Waals surface area contributed by atoms with Gasteiger partial charge >= 0.3 is 5.69 Å². The largest absolute Gasteiger partial charge is 0.494 e. The Hall–Kier alpha value is -2.61. The van der Waals surface area contributed by atoms with E-state index in [0.29, 0.717) is 44.6 Å². The first-order valence-corrected chi connectivity index (χ1v) is 9.62. The number of fused-ring (bicyclic) bond motifs is 1. The molecule has 0 spiro atoms. The molecule has 27 heavy (non-hydrogen) atoms. The zero-order chi connectivity index (χ0) is 19.1. The summed E-state index contributed by atoms with van der Waals surface area (Å²) in [5, 5.41) is 7.12. The molecule has 0 aliphatic carbocycles. The van der Waals surface area contributed by atoms with E-state index in [2.05, 4.69) is 26.3 Å². The number of nitrogens with zero attached hydrogens (tertiary/aromatic N) is 3. The van der Waals surface area contributed by atoms with Crippen LogP contribution in [-0.4, -0.2) is 33.2 Å². The molecule has 1 aromatic carbocycles. The second kappa shape index (κ2) is 9.36. The Kier molecular flexibility index (Phi) is 6.64. The van der Waals surface area contributed by atoms with Gasteiger partial charge in [0.15, 0.2) is 5.65 Å². The minimum atomic E-state index is -0.165. The summed E-state index contributed by atoms with van der Waals surface area (Å²) in [5.74, 6) is 0.762. The minimum Gasteiger partial charge on any atom is -0.494 e. The third kappa shape index (κ3) is 5.43. The van der Waals surface area contributed by atoms with Gasteiger partial charge in [0.05, 0.1) is 6.61 Å². The molecule has 0 atom stereocenters. The Bertz CT molecular complexity index is 967. The molecule has 142 valence electrons. The summed E-state index contributed by atoms with van der Waals surface area (Å²) in [6, 6.07) is 13.0. The molecule has 0 unspecified atom stereocenters. The van der Waals surface area contributed by atoms with Crippen LogP contribution in [0.15, 0.2) is 57.9 Å². The molecular formula is C19H21BrN4O3. The maximum atomic E-state index is 12.1. The molecule has 0 saturated carbocycles. The number of amides is 1. The van der Waals surface area contributed by atoms with E-state index in [1.807, 2.05) is 30.3 Å². The van der Waals surface area contributed by atoms with Crippen LogP contribution in [0.25, 0.3) is 5.65 Å². The number of carbonyl (C=O) groups is 1. The van der Waals surface area contributed by atoms with Gasteiger partial charge in [-0.2, -0.15) is 0 Å². The number of benzene rings is 1. The molecule has 0 aliphatic rings. The lowest BCUT2D eigenvalue weighted by Crippen LogP contribution is -2.27. The Morgan fingerprint density at radius 3 is 2.89 bits per heavy atom. The van der Waals surface area contributed by atoms with E-state index in [9.17, 15) is 9.59 Å². The summed E-state index contributed by atoms with van der Waals surface area (Å²) >= 11 is 3.39. The molecule has 1 N–H and O–H groups in total. The van der Waals surface area contributed by atoms with Crippen molar-refractivity contribution in [1.29, 1.82) is 0 Å². The average molecular weight is 433 g/mol. The second-order valence-corrected chi connectivity index (χ2v) is 6.96. The van der Waals surface area contributed by atoms with Gasteiger partial charge in [-0.05, 0) is 43.2 Å². The highest BCUT2D eigenvalue weighted by molar-refractivity contribution is 9.10. The molecule has 3 aromatic rings. The summed E-state index contributed by atoms with van der Waals surface area (Å²) < 4.78 is 9.49. The van der Waals surface area contributed by atoms with Gasteiger partial charge in [0.1, 0.15) is 5.75 Å². The Morgan fingerprint density at radius 1 is 1.19 bits per heavy atom. The maximum absolute atomic E-state index is 12.1. The lowest BCUT2D eigenvalue weighted by molar-refractivity contribution is -0.121. The smallest absolute Gasteiger partial charge is 0.350 e. The number of hydrogen-bond donors (Lipinski definition) is 1. The van der Waals surface area contributed by atoms with Gasteiger partial charge in [0.25, 0.3) is 0 Å². The highest BCUT2D eigenvalue weighted by atomic mass is 79.9. The summed E-state index contributed by atoms with van der Waals surface area (Å²) in [5.41, 5.74) is 0.457. The lowest BCUT2D eigenvalue weighted by Gasteiger charge is -2.07. The predicted octanol–water partition coefficient (Wildman–Crippen LogP) is 2.62. The monoisotopic (exact) mass is 432 g/mol. The van der Waals surface area contributed by atoms with Crippen LogP contribution < -0.4 is 15.7 Å². The first kappa shape index (κ1) is 19.2. The van der Waals surface area contributed by atoms with Crippen LogP contribution in [0.3, 0.4) is 0 Å². The number of hydrogen-bond acceptors (Lipinski definition) is 4. The zero-order valence-electron chi connectivity index (χ0n) is 14.8. The van der Waals surface area contributed by atoms with Crippen LogP contribution in [0.4, 0.5) is 0 Å². The predicted molar refractivity (Wildman–Crippen MR) is 106 cm³/mol. The molecule has 0 saturated heterocycles. The van der Waals surface area contributed by atoms with Crippen LogP contribution in [0, 0.1) is 0 Å². The highest BCUT2D eigenvalue weighted by Gasteiger charge is 2.06. The first-order valence-electron chi connectivity index (χ1n) is 8.83. The van der Waals surface area contributed by atoms with Crippen molar-refractivity contribution in [3.8, 4) is 5.75 Å². The second-order valence-electron chi connectivity index (χ2n) is 6.05. The van der Waals surface area contributed by atoms with Gasteiger partial charge in [0.2, 0.25) is 5.91 Å².